The van der Waals surface area contributed by atoms with Crippen LogP contribution in [0.5, 0.6) is 0 Å². The molecule has 12 heteroatoms. The molecule has 10 nitrogen and oxygen atoms in total. The van der Waals surface area contributed by atoms with Gasteiger partial charge in [-0.3, -0.25) is 4.90 Å². The summed E-state index contributed by atoms with van der Waals surface area (Å²) in [5.74, 6) is -1.67. The monoisotopic (exact) mass is 439 g/mol. The standard InChI is InChI=1S/C19H23F2N5O5/c1-18-8-25(9-19(18,2)24-15(27)23-18)14-12(20)4-10(5-13(14)21)26-7-11(31-17(26)29)6-22-16(28)30-3/h4-5,11H,6-9H2,1-3H3,(H,22,28)(H2,23,24,27)/t11-,18?,19?/m0/s1. The van der Waals surface area contributed by atoms with Gasteiger partial charge in [0.05, 0.1) is 37.0 Å². The summed E-state index contributed by atoms with van der Waals surface area (Å²) in [4.78, 5) is 37.7. The van der Waals surface area contributed by atoms with Crippen molar-refractivity contribution in [1.29, 1.82) is 0 Å². The summed E-state index contributed by atoms with van der Waals surface area (Å²) in [5.41, 5.74) is -1.61. The fourth-order valence-electron chi connectivity index (χ4n) is 4.33. The summed E-state index contributed by atoms with van der Waals surface area (Å²) >= 11 is 0. The minimum Gasteiger partial charge on any atom is -0.453 e. The fourth-order valence-corrected chi connectivity index (χ4v) is 4.33. The smallest absolute Gasteiger partial charge is 0.414 e. The summed E-state index contributed by atoms with van der Waals surface area (Å²) in [5, 5.41) is 8.04. The van der Waals surface area contributed by atoms with Crippen LogP contribution in [0.2, 0.25) is 0 Å². The molecule has 31 heavy (non-hydrogen) atoms. The number of fused-ring (bicyclic) bond motifs is 1. The largest absolute Gasteiger partial charge is 0.453 e. The molecule has 3 aliphatic heterocycles. The van der Waals surface area contributed by atoms with Gasteiger partial charge in [0.2, 0.25) is 0 Å². The second kappa shape index (κ2) is 7.13. The van der Waals surface area contributed by atoms with Crippen molar-refractivity contribution < 1.29 is 32.6 Å². The molecule has 3 heterocycles. The molecular formula is C19H23F2N5O5. The fraction of sp³-hybridized carbons (Fsp3) is 0.526. The van der Waals surface area contributed by atoms with Crippen LogP contribution in [-0.4, -0.2) is 68.7 Å². The number of ether oxygens (including phenoxy) is 2. The zero-order chi connectivity index (χ0) is 22.6. The lowest BCUT2D eigenvalue weighted by molar-refractivity contribution is 0.132. The van der Waals surface area contributed by atoms with Crippen LogP contribution in [0.1, 0.15) is 13.8 Å². The molecule has 3 saturated heterocycles. The highest BCUT2D eigenvalue weighted by Crippen LogP contribution is 2.40. The molecule has 0 spiro atoms. The van der Waals surface area contributed by atoms with E-state index >= 15 is 8.78 Å². The third kappa shape index (κ3) is 3.45. The van der Waals surface area contributed by atoms with Crippen LogP contribution in [0.15, 0.2) is 12.1 Å². The lowest BCUT2D eigenvalue weighted by Crippen LogP contribution is -2.55. The average Bonchev–Trinajstić information content (AvgIpc) is 3.22. The first-order valence-electron chi connectivity index (χ1n) is 9.69. The van der Waals surface area contributed by atoms with E-state index in [1.54, 1.807) is 0 Å². The van der Waals surface area contributed by atoms with Gasteiger partial charge in [-0.05, 0) is 13.8 Å². The van der Waals surface area contributed by atoms with Gasteiger partial charge < -0.3 is 30.3 Å². The number of halogens is 2. The van der Waals surface area contributed by atoms with Crippen molar-refractivity contribution in [1.82, 2.24) is 16.0 Å². The minimum atomic E-state index is -0.836. The van der Waals surface area contributed by atoms with Gasteiger partial charge in [-0.25, -0.2) is 23.2 Å². The molecule has 0 bridgehead atoms. The van der Waals surface area contributed by atoms with Crippen molar-refractivity contribution in [3.8, 4) is 0 Å². The van der Waals surface area contributed by atoms with E-state index in [1.165, 1.54) is 12.0 Å². The van der Waals surface area contributed by atoms with Crippen LogP contribution in [-0.2, 0) is 9.47 Å². The first kappa shape index (κ1) is 20.9. The number of benzene rings is 1. The van der Waals surface area contributed by atoms with Gasteiger partial charge in [0.1, 0.15) is 11.8 Å². The van der Waals surface area contributed by atoms with E-state index < -0.39 is 41.0 Å². The predicted octanol–water partition coefficient (Wildman–Crippen LogP) is 1.30. The first-order chi connectivity index (χ1) is 14.5. The van der Waals surface area contributed by atoms with E-state index in [9.17, 15) is 14.4 Å². The Morgan fingerprint density at radius 2 is 1.81 bits per heavy atom. The van der Waals surface area contributed by atoms with Gasteiger partial charge in [0.15, 0.2) is 11.6 Å². The number of anilines is 2. The van der Waals surface area contributed by atoms with E-state index in [0.29, 0.717) is 0 Å². The molecule has 3 aliphatic rings. The lowest BCUT2D eigenvalue weighted by atomic mass is 9.85. The quantitative estimate of drug-likeness (QED) is 0.652. The molecule has 168 valence electrons. The molecule has 0 aromatic heterocycles. The normalized spacial score (nSPS) is 29.4. The van der Waals surface area contributed by atoms with E-state index in [0.717, 1.165) is 17.0 Å². The van der Waals surface area contributed by atoms with E-state index in [2.05, 4.69) is 20.7 Å². The Balaban J connectivity index is 1.52. The number of hydrogen-bond acceptors (Lipinski definition) is 6. The molecule has 4 amide bonds. The van der Waals surface area contributed by atoms with Crippen molar-refractivity contribution >= 4 is 29.6 Å². The first-order valence-corrected chi connectivity index (χ1v) is 9.69. The van der Waals surface area contributed by atoms with Crippen molar-refractivity contribution in [2.75, 3.05) is 43.1 Å². The molecule has 0 saturated carbocycles. The second-order valence-corrected chi connectivity index (χ2v) is 8.35. The molecule has 3 N–H and O–H groups in total. The van der Waals surface area contributed by atoms with Crippen molar-refractivity contribution in [3.05, 3.63) is 23.8 Å². The Bertz CT molecular complexity index is 917. The zero-order valence-electron chi connectivity index (χ0n) is 17.3. The number of amides is 4. The molecule has 1 aromatic rings. The number of methoxy groups -OCH3 is 1. The predicted molar refractivity (Wildman–Crippen MR) is 105 cm³/mol. The molecule has 1 aromatic carbocycles. The van der Waals surface area contributed by atoms with E-state index in [-0.39, 0.29) is 43.6 Å². The number of carbonyl (C=O) groups is 3. The Kier molecular flexibility index (Phi) is 4.82. The topological polar surface area (TPSA) is 112 Å². The number of rotatable bonds is 4. The van der Waals surface area contributed by atoms with E-state index in [4.69, 9.17) is 4.74 Å². The minimum absolute atomic E-state index is 0.00161. The molecule has 2 unspecified atom stereocenters. The summed E-state index contributed by atoms with van der Waals surface area (Å²) in [6.07, 6.45) is -2.14. The number of hydrogen-bond donors (Lipinski definition) is 3. The zero-order valence-corrected chi connectivity index (χ0v) is 17.3. The Morgan fingerprint density at radius 1 is 1.23 bits per heavy atom. The van der Waals surface area contributed by atoms with Crippen LogP contribution in [0.4, 0.5) is 34.5 Å². The molecule has 0 radical (unpaired) electrons. The van der Waals surface area contributed by atoms with Crippen molar-refractivity contribution in [2.45, 2.75) is 31.0 Å². The number of cyclic esters (lactones) is 1. The molecule has 3 atom stereocenters. The van der Waals surface area contributed by atoms with Crippen LogP contribution >= 0.6 is 0 Å². The number of carbonyl (C=O) groups excluding carboxylic acids is 3. The van der Waals surface area contributed by atoms with Gasteiger partial charge in [0, 0.05) is 25.2 Å². The summed E-state index contributed by atoms with van der Waals surface area (Å²) < 4.78 is 39.6. The number of urea groups is 1. The second-order valence-electron chi connectivity index (χ2n) is 8.35. The maximum atomic E-state index is 15.0. The third-order valence-corrected chi connectivity index (χ3v) is 6.17. The molecule has 3 fully saturated rings. The lowest BCUT2D eigenvalue weighted by Gasteiger charge is -2.30. The highest BCUT2D eigenvalue weighted by Gasteiger charge is 2.58. The Morgan fingerprint density at radius 3 is 2.35 bits per heavy atom. The maximum absolute atomic E-state index is 15.0. The van der Waals surface area contributed by atoms with E-state index in [1.807, 2.05) is 13.8 Å². The molecule has 0 aliphatic carbocycles. The summed E-state index contributed by atoms with van der Waals surface area (Å²) in [7, 11) is 1.20. The van der Waals surface area contributed by atoms with Gasteiger partial charge in [-0.1, -0.05) is 0 Å². The van der Waals surface area contributed by atoms with Crippen LogP contribution < -0.4 is 25.8 Å². The van der Waals surface area contributed by atoms with Crippen LogP contribution in [0.25, 0.3) is 0 Å². The maximum Gasteiger partial charge on any atom is 0.414 e. The third-order valence-electron chi connectivity index (χ3n) is 6.17. The van der Waals surface area contributed by atoms with Gasteiger partial charge in [-0.2, -0.15) is 0 Å². The number of nitrogens with zero attached hydrogens (tertiary/aromatic N) is 2. The molecular weight excluding hydrogens is 416 g/mol. The molecule has 4 rings (SSSR count). The Labute approximate surface area is 176 Å². The highest BCUT2D eigenvalue weighted by atomic mass is 19.1. The van der Waals surface area contributed by atoms with Gasteiger partial charge >= 0.3 is 18.2 Å². The van der Waals surface area contributed by atoms with Gasteiger partial charge in [-0.15, -0.1) is 0 Å². The highest BCUT2D eigenvalue weighted by molar-refractivity contribution is 5.90. The SMILES string of the molecule is COC(=O)NC[C@H]1CN(c2cc(F)c(N3CC4(C)NC(=O)NC4(C)C3)c(F)c2)C(=O)O1. The summed E-state index contributed by atoms with van der Waals surface area (Å²) in [6, 6.07) is 1.82. The average molecular weight is 439 g/mol. The number of alkyl carbamates (subject to hydrolysis) is 1. The van der Waals surface area contributed by atoms with Crippen molar-refractivity contribution in [3.63, 3.8) is 0 Å². The van der Waals surface area contributed by atoms with Crippen LogP contribution in [0, 0.1) is 11.6 Å². The van der Waals surface area contributed by atoms with Gasteiger partial charge in [0.25, 0.3) is 0 Å². The van der Waals surface area contributed by atoms with Crippen LogP contribution in [0.3, 0.4) is 0 Å². The van der Waals surface area contributed by atoms with Crippen molar-refractivity contribution in [2.24, 2.45) is 0 Å². The summed E-state index contributed by atoms with van der Waals surface area (Å²) in [6.45, 7) is 4.07. The number of nitrogens with one attached hydrogen (secondary N) is 3. The Hall–Kier alpha value is -3.31.